The lowest BCUT2D eigenvalue weighted by atomic mass is 10.1. The first-order chi connectivity index (χ1) is 7.91. The summed E-state index contributed by atoms with van der Waals surface area (Å²) in [5.41, 5.74) is 0. The van der Waals surface area contributed by atoms with Gasteiger partial charge in [-0.2, -0.15) is 0 Å². The third-order valence-electron chi connectivity index (χ3n) is 2.80. The molecule has 0 aliphatic heterocycles. The molecule has 0 unspecified atom stereocenters. The summed E-state index contributed by atoms with van der Waals surface area (Å²) in [7, 11) is 0. The predicted octanol–water partition coefficient (Wildman–Crippen LogP) is 4.93. The van der Waals surface area contributed by atoms with Crippen LogP contribution in [-0.4, -0.2) is 0 Å². The molecule has 0 saturated heterocycles. The summed E-state index contributed by atoms with van der Waals surface area (Å²) < 4.78 is 0. The van der Waals surface area contributed by atoms with Crippen LogP contribution in [0.5, 0.6) is 0 Å². The lowest BCUT2D eigenvalue weighted by Crippen LogP contribution is -1.81. The topological polar surface area (TPSA) is 0 Å². The molecule has 16 heavy (non-hydrogen) atoms. The van der Waals surface area contributed by atoms with Crippen molar-refractivity contribution in [2.75, 3.05) is 0 Å². The maximum Gasteiger partial charge on any atom is 0.00885 e. The Morgan fingerprint density at radius 1 is 0.688 bits per heavy atom. The molecule has 0 amide bonds. The van der Waals surface area contributed by atoms with Gasteiger partial charge in [0.1, 0.15) is 0 Å². The van der Waals surface area contributed by atoms with Crippen molar-refractivity contribution in [1.29, 1.82) is 0 Å². The average Bonchev–Trinajstić information content (AvgIpc) is 2.31. The van der Waals surface area contributed by atoms with Gasteiger partial charge in [-0.1, -0.05) is 44.9 Å². The molecule has 0 saturated carbocycles. The van der Waals surface area contributed by atoms with E-state index < -0.39 is 0 Å². The molecule has 0 spiro atoms. The lowest BCUT2D eigenvalue weighted by molar-refractivity contribution is 0.563. The van der Waals surface area contributed by atoms with E-state index in [0.29, 0.717) is 0 Å². The molecule has 0 aliphatic carbocycles. The molecule has 0 rings (SSSR count). The van der Waals surface area contributed by atoms with Gasteiger partial charge in [0.05, 0.1) is 0 Å². The van der Waals surface area contributed by atoms with Gasteiger partial charge in [0, 0.05) is 12.8 Å². The highest BCUT2D eigenvalue weighted by atomic mass is 14.0. The molecule has 0 N–H and O–H groups in total. The van der Waals surface area contributed by atoms with Crippen molar-refractivity contribution in [3.63, 3.8) is 0 Å². The van der Waals surface area contributed by atoms with Gasteiger partial charge in [0.2, 0.25) is 0 Å². The number of hydrogen-bond acceptors (Lipinski definition) is 0. The zero-order chi connectivity index (χ0) is 11.9. The molecular formula is C16H26. The SMILES string of the molecule is C#CCCCCCCCCCCCC#CC. The van der Waals surface area contributed by atoms with Gasteiger partial charge in [0.15, 0.2) is 0 Å². The van der Waals surface area contributed by atoms with E-state index >= 15 is 0 Å². The fourth-order valence-electron chi connectivity index (χ4n) is 1.80. The standard InChI is InChI=1S/C16H26/c1-3-5-7-9-11-13-15-16-14-12-10-8-6-4-2/h1H,5,7-16H2,2H3. The molecule has 0 heterocycles. The van der Waals surface area contributed by atoms with Crippen LogP contribution in [0.25, 0.3) is 0 Å². The van der Waals surface area contributed by atoms with Gasteiger partial charge in [-0.15, -0.1) is 24.2 Å². The normalized spacial score (nSPS) is 9.25. The zero-order valence-corrected chi connectivity index (χ0v) is 10.9. The lowest BCUT2D eigenvalue weighted by Gasteiger charge is -2.00. The second-order valence-corrected chi connectivity index (χ2v) is 4.31. The Bertz CT molecular complexity index is 221. The summed E-state index contributed by atoms with van der Waals surface area (Å²) in [5.74, 6) is 8.74. The monoisotopic (exact) mass is 218 g/mol. The van der Waals surface area contributed by atoms with Crippen molar-refractivity contribution in [3.8, 4) is 24.2 Å². The first-order valence-corrected chi connectivity index (χ1v) is 6.75. The summed E-state index contributed by atoms with van der Waals surface area (Å²) in [6.07, 6.45) is 19.3. The molecule has 0 heteroatoms. The molecular weight excluding hydrogens is 192 g/mol. The first-order valence-electron chi connectivity index (χ1n) is 6.75. The highest BCUT2D eigenvalue weighted by Crippen LogP contribution is 2.10. The Hall–Kier alpha value is -0.880. The maximum absolute atomic E-state index is 5.20. The first kappa shape index (κ1) is 15.1. The molecule has 0 fully saturated rings. The van der Waals surface area contributed by atoms with Crippen molar-refractivity contribution in [1.82, 2.24) is 0 Å². The van der Waals surface area contributed by atoms with Crippen LogP contribution in [0.15, 0.2) is 0 Å². The van der Waals surface area contributed by atoms with Crippen LogP contribution in [0, 0.1) is 24.2 Å². The van der Waals surface area contributed by atoms with Crippen LogP contribution < -0.4 is 0 Å². The smallest absolute Gasteiger partial charge is 0.00885 e. The number of unbranched alkanes of at least 4 members (excludes halogenated alkanes) is 10. The summed E-state index contributed by atoms with van der Waals surface area (Å²) in [6.45, 7) is 1.92. The summed E-state index contributed by atoms with van der Waals surface area (Å²) in [4.78, 5) is 0. The minimum Gasteiger partial charge on any atom is -0.120 e. The van der Waals surface area contributed by atoms with Crippen LogP contribution in [0.4, 0.5) is 0 Å². The quantitative estimate of drug-likeness (QED) is 0.360. The van der Waals surface area contributed by atoms with Crippen molar-refractivity contribution in [3.05, 3.63) is 0 Å². The predicted molar refractivity (Wildman–Crippen MR) is 73.1 cm³/mol. The second-order valence-electron chi connectivity index (χ2n) is 4.31. The Labute approximate surface area is 102 Å². The molecule has 0 aromatic carbocycles. The Kier molecular flexibility index (Phi) is 13.3. The highest BCUT2D eigenvalue weighted by molar-refractivity contribution is 4.94. The fourth-order valence-corrected chi connectivity index (χ4v) is 1.80. The van der Waals surface area contributed by atoms with Crippen molar-refractivity contribution in [2.45, 2.75) is 77.6 Å². The highest BCUT2D eigenvalue weighted by Gasteiger charge is 1.91. The maximum atomic E-state index is 5.20. The molecule has 0 aromatic heterocycles. The van der Waals surface area contributed by atoms with Gasteiger partial charge >= 0.3 is 0 Å². The van der Waals surface area contributed by atoms with Crippen LogP contribution >= 0.6 is 0 Å². The molecule has 0 atom stereocenters. The van der Waals surface area contributed by atoms with E-state index in [2.05, 4.69) is 17.8 Å². The van der Waals surface area contributed by atoms with Gasteiger partial charge in [0.25, 0.3) is 0 Å². The Balaban J connectivity index is 2.93. The summed E-state index contributed by atoms with van der Waals surface area (Å²) in [6, 6.07) is 0. The molecule has 0 radical (unpaired) electrons. The van der Waals surface area contributed by atoms with E-state index in [9.17, 15) is 0 Å². The fraction of sp³-hybridized carbons (Fsp3) is 0.750. The minimum atomic E-state index is 0.957. The molecule has 0 nitrogen and oxygen atoms in total. The van der Waals surface area contributed by atoms with E-state index in [1.165, 1.54) is 57.8 Å². The van der Waals surface area contributed by atoms with E-state index in [4.69, 9.17) is 6.42 Å². The second kappa shape index (κ2) is 14.1. The van der Waals surface area contributed by atoms with Crippen LogP contribution in [0.1, 0.15) is 77.6 Å². The molecule has 90 valence electrons. The summed E-state index contributed by atoms with van der Waals surface area (Å²) >= 11 is 0. The average molecular weight is 218 g/mol. The molecule has 0 bridgehead atoms. The van der Waals surface area contributed by atoms with E-state index in [-0.39, 0.29) is 0 Å². The van der Waals surface area contributed by atoms with E-state index in [0.717, 1.165) is 12.8 Å². The zero-order valence-electron chi connectivity index (χ0n) is 10.9. The number of terminal acetylenes is 1. The van der Waals surface area contributed by atoms with Crippen molar-refractivity contribution in [2.24, 2.45) is 0 Å². The number of hydrogen-bond donors (Lipinski definition) is 0. The van der Waals surface area contributed by atoms with Crippen molar-refractivity contribution >= 4 is 0 Å². The molecule has 0 aliphatic rings. The van der Waals surface area contributed by atoms with Gasteiger partial charge in [-0.3, -0.25) is 0 Å². The van der Waals surface area contributed by atoms with E-state index in [1.54, 1.807) is 0 Å². The van der Waals surface area contributed by atoms with Crippen LogP contribution in [0.3, 0.4) is 0 Å². The number of rotatable bonds is 10. The van der Waals surface area contributed by atoms with Crippen LogP contribution in [0.2, 0.25) is 0 Å². The largest absolute Gasteiger partial charge is 0.120 e. The third-order valence-corrected chi connectivity index (χ3v) is 2.80. The Morgan fingerprint density at radius 2 is 1.12 bits per heavy atom. The van der Waals surface area contributed by atoms with Crippen LogP contribution in [-0.2, 0) is 0 Å². The summed E-state index contributed by atoms with van der Waals surface area (Å²) in [5, 5.41) is 0. The minimum absolute atomic E-state index is 0.957. The third kappa shape index (κ3) is 13.1. The Morgan fingerprint density at radius 3 is 1.56 bits per heavy atom. The van der Waals surface area contributed by atoms with Crippen molar-refractivity contribution < 1.29 is 0 Å². The van der Waals surface area contributed by atoms with E-state index in [1.807, 2.05) is 6.92 Å². The van der Waals surface area contributed by atoms with Gasteiger partial charge in [-0.25, -0.2) is 0 Å². The van der Waals surface area contributed by atoms with Gasteiger partial charge in [-0.05, 0) is 19.8 Å². The van der Waals surface area contributed by atoms with Gasteiger partial charge < -0.3 is 0 Å². The molecule has 0 aromatic rings.